The SMILES string of the molecule is Cc1cccc(NC(=O)N2CCC(C)C(N(C)c3ncnc4[nH]ccc34)C2)n1. The van der Waals surface area contributed by atoms with Gasteiger partial charge < -0.3 is 14.8 Å². The maximum atomic E-state index is 12.8. The Labute approximate surface area is 164 Å². The second-order valence-corrected chi connectivity index (χ2v) is 7.42. The number of nitrogens with zero attached hydrogens (tertiary/aromatic N) is 5. The van der Waals surface area contributed by atoms with E-state index in [1.165, 1.54) is 0 Å². The average Bonchev–Trinajstić information content (AvgIpc) is 3.16. The van der Waals surface area contributed by atoms with Crippen molar-refractivity contribution < 1.29 is 4.79 Å². The molecule has 0 spiro atoms. The summed E-state index contributed by atoms with van der Waals surface area (Å²) in [6.45, 7) is 5.50. The molecule has 0 aromatic carbocycles. The van der Waals surface area contributed by atoms with Crippen LogP contribution in [0.4, 0.5) is 16.4 Å². The Bertz CT molecular complexity index is 985. The summed E-state index contributed by atoms with van der Waals surface area (Å²) in [5.41, 5.74) is 1.70. The zero-order chi connectivity index (χ0) is 19.7. The second-order valence-electron chi connectivity index (χ2n) is 7.42. The number of carbonyl (C=O) groups is 1. The quantitative estimate of drug-likeness (QED) is 0.730. The molecule has 0 radical (unpaired) electrons. The predicted octanol–water partition coefficient (Wildman–Crippen LogP) is 3.04. The molecule has 2 unspecified atom stereocenters. The lowest BCUT2D eigenvalue weighted by Crippen LogP contribution is -2.53. The first-order valence-corrected chi connectivity index (χ1v) is 9.53. The molecule has 1 aliphatic heterocycles. The number of piperidine rings is 1. The van der Waals surface area contributed by atoms with Gasteiger partial charge in [-0.25, -0.2) is 19.7 Å². The maximum absolute atomic E-state index is 12.8. The van der Waals surface area contributed by atoms with E-state index in [-0.39, 0.29) is 12.1 Å². The topological polar surface area (TPSA) is 90.0 Å². The fourth-order valence-electron chi connectivity index (χ4n) is 3.84. The molecule has 3 aromatic rings. The molecule has 8 nitrogen and oxygen atoms in total. The molecule has 4 heterocycles. The normalized spacial score (nSPS) is 19.6. The molecule has 3 aromatic heterocycles. The molecule has 2 N–H and O–H groups in total. The number of aromatic amines is 1. The number of aryl methyl sites for hydroxylation is 1. The van der Waals surface area contributed by atoms with Crippen molar-refractivity contribution >= 4 is 28.7 Å². The lowest BCUT2D eigenvalue weighted by Gasteiger charge is -2.42. The Balaban J connectivity index is 1.51. The number of carbonyl (C=O) groups excluding carboxylic acids is 1. The number of anilines is 2. The van der Waals surface area contributed by atoms with E-state index in [0.717, 1.165) is 35.5 Å². The van der Waals surface area contributed by atoms with E-state index in [4.69, 9.17) is 0 Å². The van der Waals surface area contributed by atoms with Crippen molar-refractivity contribution in [2.24, 2.45) is 5.92 Å². The van der Waals surface area contributed by atoms with Gasteiger partial charge in [0.25, 0.3) is 0 Å². The van der Waals surface area contributed by atoms with Crippen LogP contribution in [0, 0.1) is 12.8 Å². The third-order valence-corrected chi connectivity index (χ3v) is 5.49. The highest BCUT2D eigenvalue weighted by Gasteiger charge is 2.33. The summed E-state index contributed by atoms with van der Waals surface area (Å²) >= 11 is 0. The lowest BCUT2D eigenvalue weighted by molar-refractivity contribution is 0.172. The Kier molecular flexibility index (Phi) is 4.85. The minimum atomic E-state index is -0.113. The van der Waals surface area contributed by atoms with Crippen LogP contribution in [-0.2, 0) is 0 Å². The van der Waals surface area contributed by atoms with E-state index in [1.54, 1.807) is 6.33 Å². The molecule has 2 amide bonds. The molecule has 1 fully saturated rings. The maximum Gasteiger partial charge on any atom is 0.323 e. The van der Waals surface area contributed by atoms with Gasteiger partial charge in [0.05, 0.1) is 11.4 Å². The van der Waals surface area contributed by atoms with Crippen LogP contribution in [0.2, 0.25) is 0 Å². The predicted molar refractivity (Wildman–Crippen MR) is 109 cm³/mol. The highest BCUT2D eigenvalue weighted by Crippen LogP contribution is 2.28. The Hall–Kier alpha value is -3.16. The van der Waals surface area contributed by atoms with Crippen LogP contribution in [-0.4, -0.2) is 57.0 Å². The monoisotopic (exact) mass is 379 g/mol. The Morgan fingerprint density at radius 2 is 2.18 bits per heavy atom. The molecule has 2 atom stereocenters. The second kappa shape index (κ2) is 7.46. The van der Waals surface area contributed by atoms with Crippen molar-refractivity contribution in [3.05, 3.63) is 42.5 Å². The molecule has 1 saturated heterocycles. The summed E-state index contributed by atoms with van der Waals surface area (Å²) in [7, 11) is 2.04. The number of amides is 2. The molecule has 0 bridgehead atoms. The van der Waals surface area contributed by atoms with Crippen LogP contribution >= 0.6 is 0 Å². The van der Waals surface area contributed by atoms with Crippen molar-refractivity contribution in [3.8, 4) is 0 Å². The summed E-state index contributed by atoms with van der Waals surface area (Å²) in [6, 6.07) is 7.65. The van der Waals surface area contributed by atoms with Crippen LogP contribution in [0.3, 0.4) is 0 Å². The molecular weight excluding hydrogens is 354 g/mol. The number of likely N-dealkylation sites (tertiary alicyclic amines) is 1. The first kappa shape index (κ1) is 18.2. The van der Waals surface area contributed by atoms with E-state index >= 15 is 0 Å². The molecule has 4 rings (SSSR count). The fraction of sp³-hybridized carbons (Fsp3) is 0.400. The molecule has 1 aliphatic rings. The molecule has 146 valence electrons. The van der Waals surface area contributed by atoms with Gasteiger partial charge in [-0.05, 0) is 37.5 Å². The number of pyridine rings is 1. The highest BCUT2D eigenvalue weighted by molar-refractivity contribution is 5.89. The van der Waals surface area contributed by atoms with Crippen LogP contribution < -0.4 is 10.2 Å². The third kappa shape index (κ3) is 3.49. The van der Waals surface area contributed by atoms with Gasteiger partial charge >= 0.3 is 6.03 Å². The van der Waals surface area contributed by atoms with E-state index in [0.29, 0.717) is 18.3 Å². The van der Waals surface area contributed by atoms with Crippen molar-refractivity contribution in [2.75, 3.05) is 30.4 Å². The van der Waals surface area contributed by atoms with E-state index < -0.39 is 0 Å². The number of fused-ring (bicyclic) bond motifs is 1. The number of rotatable bonds is 3. The number of hydrogen-bond acceptors (Lipinski definition) is 5. The van der Waals surface area contributed by atoms with Gasteiger partial charge in [0.15, 0.2) is 0 Å². The van der Waals surface area contributed by atoms with Gasteiger partial charge in [-0.2, -0.15) is 0 Å². The van der Waals surface area contributed by atoms with Crippen molar-refractivity contribution in [1.29, 1.82) is 0 Å². The van der Waals surface area contributed by atoms with Gasteiger partial charge in [0, 0.05) is 32.0 Å². The van der Waals surface area contributed by atoms with Crippen molar-refractivity contribution in [1.82, 2.24) is 24.8 Å². The molecule has 0 aliphatic carbocycles. The number of H-pyrrole nitrogens is 1. The molecule has 28 heavy (non-hydrogen) atoms. The summed E-state index contributed by atoms with van der Waals surface area (Å²) in [4.78, 5) is 33.1. The molecule has 8 heteroatoms. The van der Waals surface area contributed by atoms with Gasteiger partial charge in [0.1, 0.15) is 23.6 Å². The minimum absolute atomic E-state index is 0.113. The Morgan fingerprint density at radius 1 is 1.32 bits per heavy atom. The number of hydrogen-bond donors (Lipinski definition) is 2. The lowest BCUT2D eigenvalue weighted by atomic mass is 9.92. The fourth-order valence-corrected chi connectivity index (χ4v) is 3.84. The van der Waals surface area contributed by atoms with Gasteiger partial charge in [-0.1, -0.05) is 13.0 Å². The van der Waals surface area contributed by atoms with E-state index in [1.807, 2.05) is 49.3 Å². The number of nitrogens with one attached hydrogen (secondary N) is 2. The first-order chi connectivity index (χ1) is 13.5. The summed E-state index contributed by atoms with van der Waals surface area (Å²) in [5.74, 6) is 1.90. The molecular formula is C20H25N7O. The zero-order valence-corrected chi connectivity index (χ0v) is 16.4. The van der Waals surface area contributed by atoms with Gasteiger partial charge in [-0.15, -0.1) is 0 Å². The summed E-state index contributed by atoms with van der Waals surface area (Å²) in [5, 5.41) is 3.91. The van der Waals surface area contributed by atoms with Crippen LogP contribution in [0.5, 0.6) is 0 Å². The standard InChI is InChI=1S/C20H25N7O/c1-13-8-10-27(20(28)25-17-6-4-5-14(2)24-17)11-16(13)26(3)19-15-7-9-21-18(15)22-12-23-19/h4-7,9,12-13,16H,8,10-11H2,1-3H3,(H,21,22,23)(H,24,25,28). The Morgan fingerprint density at radius 3 is 3.00 bits per heavy atom. The summed E-state index contributed by atoms with van der Waals surface area (Å²) < 4.78 is 0. The zero-order valence-electron chi connectivity index (χ0n) is 16.4. The number of likely N-dealkylation sites (N-methyl/N-ethyl adjacent to an activating group) is 1. The average molecular weight is 379 g/mol. The van der Waals surface area contributed by atoms with Crippen LogP contribution in [0.1, 0.15) is 19.0 Å². The highest BCUT2D eigenvalue weighted by atomic mass is 16.2. The van der Waals surface area contributed by atoms with E-state index in [2.05, 4.69) is 37.1 Å². The number of urea groups is 1. The van der Waals surface area contributed by atoms with Crippen molar-refractivity contribution in [3.63, 3.8) is 0 Å². The largest absolute Gasteiger partial charge is 0.354 e. The minimum Gasteiger partial charge on any atom is -0.354 e. The van der Waals surface area contributed by atoms with Crippen LogP contribution in [0.15, 0.2) is 36.8 Å². The van der Waals surface area contributed by atoms with E-state index in [9.17, 15) is 4.79 Å². The summed E-state index contributed by atoms with van der Waals surface area (Å²) in [6.07, 6.45) is 4.38. The first-order valence-electron chi connectivity index (χ1n) is 9.53. The van der Waals surface area contributed by atoms with Gasteiger partial charge in [0.2, 0.25) is 0 Å². The third-order valence-electron chi connectivity index (χ3n) is 5.49. The smallest absolute Gasteiger partial charge is 0.323 e. The molecule has 0 saturated carbocycles. The van der Waals surface area contributed by atoms with Crippen molar-refractivity contribution in [2.45, 2.75) is 26.3 Å². The van der Waals surface area contributed by atoms with Gasteiger partial charge in [-0.3, -0.25) is 5.32 Å². The van der Waals surface area contributed by atoms with Crippen LogP contribution in [0.25, 0.3) is 11.0 Å². The number of aromatic nitrogens is 4.